The summed E-state index contributed by atoms with van der Waals surface area (Å²) in [4.78, 5) is 0. The lowest BCUT2D eigenvalue weighted by Gasteiger charge is -2.28. The highest BCUT2D eigenvalue weighted by Gasteiger charge is 2.30. The molecule has 3 nitrogen and oxygen atoms in total. The fourth-order valence-corrected chi connectivity index (χ4v) is 2.55. The number of aromatic nitrogens is 1. The smallest absolute Gasteiger partial charge is 0.312 e. The van der Waals surface area contributed by atoms with Gasteiger partial charge in [-0.1, -0.05) is 64.5 Å². The van der Waals surface area contributed by atoms with E-state index >= 15 is 0 Å². The molecule has 1 heterocycles. The second kappa shape index (κ2) is 7.45. The molecule has 0 aliphatic rings. The second-order valence-corrected chi connectivity index (χ2v) is 5.52. The molecule has 3 heteroatoms. The maximum Gasteiger partial charge on any atom is 0.312 e. The Kier molecular flexibility index (Phi) is 6.23. The third-order valence-electron chi connectivity index (χ3n) is 3.87. The minimum Gasteiger partial charge on any atom is -0.479 e. The molecule has 1 aromatic heterocycles. The second-order valence-electron chi connectivity index (χ2n) is 5.52. The first-order valence-corrected chi connectivity index (χ1v) is 7.28. The van der Waals surface area contributed by atoms with Gasteiger partial charge >= 0.3 is 5.95 Å². The summed E-state index contributed by atoms with van der Waals surface area (Å²) in [5.41, 5.74) is 0.890. The number of nitrogens with zero attached hydrogens (tertiary/aromatic N) is 1. The lowest BCUT2D eigenvalue weighted by Crippen LogP contribution is -2.21. The average molecular weight is 253 g/mol. The van der Waals surface area contributed by atoms with Gasteiger partial charge in [0, 0.05) is 5.41 Å². The Morgan fingerprint density at radius 2 is 1.78 bits per heavy atom. The molecule has 0 saturated heterocycles. The fraction of sp³-hybridized carbons (Fsp3) is 0.800. The number of hydrogen-bond acceptors (Lipinski definition) is 3. The molecule has 0 saturated carbocycles. The van der Waals surface area contributed by atoms with E-state index in [1.165, 1.54) is 38.5 Å². The first kappa shape index (κ1) is 15.1. The minimum atomic E-state index is 0.00379. The molecule has 0 aliphatic carbocycles. The topological polar surface area (TPSA) is 46.3 Å². The lowest BCUT2D eigenvalue weighted by molar-refractivity contribution is 0.263. The third kappa shape index (κ3) is 4.04. The summed E-state index contributed by atoms with van der Waals surface area (Å²) < 4.78 is 4.82. The summed E-state index contributed by atoms with van der Waals surface area (Å²) in [5.74, 6) is 0.00379. The summed E-state index contributed by atoms with van der Waals surface area (Å²) >= 11 is 0. The number of aromatic hydroxyl groups is 1. The molecule has 0 bridgehead atoms. The van der Waals surface area contributed by atoms with Crippen LogP contribution in [-0.4, -0.2) is 10.3 Å². The first-order valence-electron chi connectivity index (χ1n) is 7.28. The molecule has 1 atom stereocenters. The van der Waals surface area contributed by atoms with E-state index in [2.05, 4.69) is 25.9 Å². The van der Waals surface area contributed by atoms with Gasteiger partial charge in [-0.05, 0) is 12.8 Å². The van der Waals surface area contributed by atoms with Gasteiger partial charge in [0.15, 0.2) is 0 Å². The normalized spacial score (nSPS) is 14.6. The van der Waals surface area contributed by atoms with Crippen LogP contribution in [-0.2, 0) is 5.41 Å². The van der Waals surface area contributed by atoms with E-state index in [9.17, 15) is 5.11 Å². The van der Waals surface area contributed by atoms with Crippen LogP contribution in [0.2, 0.25) is 0 Å². The Balaban J connectivity index is 2.66. The van der Waals surface area contributed by atoms with Crippen molar-refractivity contribution in [2.75, 3.05) is 0 Å². The van der Waals surface area contributed by atoms with Crippen molar-refractivity contribution >= 4 is 0 Å². The van der Waals surface area contributed by atoms with Crippen LogP contribution in [0.4, 0.5) is 0 Å². The van der Waals surface area contributed by atoms with Crippen LogP contribution in [0.25, 0.3) is 0 Å². The molecule has 0 aromatic carbocycles. The van der Waals surface area contributed by atoms with Gasteiger partial charge in [0.05, 0.1) is 11.8 Å². The van der Waals surface area contributed by atoms with Gasteiger partial charge in [-0.3, -0.25) is 0 Å². The van der Waals surface area contributed by atoms with Crippen LogP contribution in [0, 0.1) is 0 Å². The largest absolute Gasteiger partial charge is 0.479 e. The van der Waals surface area contributed by atoms with Gasteiger partial charge in [-0.2, -0.15) is 0 Å². The standard InChI is InChI=1S/C15H27NO2/c1-4-6-8-9-11-15(3,10-7-5-2)13-12-16-18-14(13)17/h12,17H,4-11H2,1-3H3. The maximum atomic E-state index is 9.76. The number of unbranched alkanes of at least 4 members (excludes halogenated alkanes) is 4. The molecule has 1 rings (SSSR count). The quantitative estimate of drug-likeness (QED) is 0.643. The molecule has 1 unspecified atom stereocenters. The van der Waals surface area contributed by atoms with Gasteiger partial charge in [0.25, 0.3) is 0 Å². The zero-order valence-corrected chi connectivity index (χ0v) is 12.0. The SMILES string of the molecule is CCCCCCC(C)(CCCC)c1cnoc1O. The minimum absolute atomic E-state index is 0.00379. The monoisotopic (exact) mass is 253 g/mol. The highest BCUT2D eigenvalue weighted by molar-refractivity contribution is 5.27. The Morgan fingerprint density at radius 3 is 2.33 bits per heavy atom. The highest BCUT2D eigenvalue weighted by atomic mass is 16.5. The summed E-state index contributed by atoms with van der Waals surface area (Å²) in [7, 11) is 0. The van der Waals surface area contributed by atoms with Gasteiger partial charge in [-0.25, -0.2) is 0 Å². The van der Waals surface area contributed by atoms with E-state index in [-0.39, 0.29) is 11.4 Å². The number of rotatable bonds is 9. The zero-order chi connectivity index (χ0) is 13.4. The van der Waals surface area contributed by atoms with E-state index in [0.717, 1.165) is 18.4 Å². The van der Waals surface area contributed by atoms with E-state index in [0.29, 0.717) is 0 Å². The Morgan fingerprint density at radius 1 is 1.11 bits per heavy atom. The van der Waals surface area contributed by atoms with Crippen LogP contribution in [0.1, 0.15) is 77.7 Å². The molecule has 0 spiro atoms. The van der Waals surface area contributed by atoms with Crippen molar-refractivity contribution in [3.63, 3.8) is 0 Å². The van der Waals surface area contributed by atoms with Crippen molar-refractivity contribution in [1.29, 1.82) is 0 Å². The zero-order valence-electron chi connectivity index (χ0n) is 12.0. The molecular weight excluding hydrogens is 226 g/mol. The van der Waals surface area contributed by atoms with Crippen LogP contribution in [0.5, 0.6) is 5.95 Å². The van der Waals surface area contributed by atoms with Gasteiger partial charge in [0.2, 0.25) is 0 Å². The molecule has 1 N–H and O–H groups in total. The summed E-state index contributed by atoms with van der Waals surface area (Å²) in [6, 6.07) is 0. The molecule has 0 fully saturated rings. The molecule has 0 radical (unpaired) electrons. The van der Waals surface area contributed by atoms with Crippen LogP contribution < -0.4 is 0 Å². The first-order chi connectivity index (χ1) is 8.64. The average Bonchev–Trinajstić information content (AvgIpc) is 2.79. The summed E-state index contributed by atoms with van der Waals surface area (Å²) in [6.45, 7) is 6.65. The molecule has 0 aliphatic heterocycles. The van der Waals surface area contributed by atoms with Gasteiger partial charge in [-0.15, -0.1) is 0 Å². The van der Waals surface area contributed by atoms with Gasteiger partial charge < -0.3 is 9.63 Å². The van der Waals surface area contributed by atoms with Crippen LogP contribution >= 0.6 is 0 Å². The van der Waals surface area contributed by atoms with Crippen molar-refractivity contribution in [3.05, 3.63) is 11.8 Å². The van der Waals surface area contributed by atoms with E-state index in [4.69, 9.17) is 4.52 Å². The lowest BCUT2D eigenvalue weighted by atomic mass is 9.75. The van der Waals surface area contributed by atoms with Crippen molar-refractivity contribution < 1.29 is 9.63 Å². The van der Waals surface area contributed by atoms with E-state index < -0.39 is 0 Å². The van der Waals surface area contributed by atoms with Crippen molar-refractivity contribution in [2.45, 2.75) is 77.6 Å². The maximum absolute atomic E-state index is 9.76. The van der Waals surface area contributed by atoms with Crippen LogP contribution in [0.3, 0.4) is 0 Å². The summed E-state index contributed by atoms with van der Waals surface area (Å²) in [6.07, 6.45) is 11.2. The third-order valence-corrected chi connectivity index (χ3v) is 3.87. The van der Waals surface area contributed by atoms with E-state index in [1.807, 2.05) is 0 Å². The van der Waals surface area contributed by atoms with Crippen molar-refractivity contribution in [1.82, 2.24) is 5.16 Å². The molecule has 1 aromatic rings. The van der Waals surface area contributed by atoms with Crippen LogP contribution in [0.15, 0.2) is 10.7 Å². The Hall–Kier alpha value is -0.990. The Bertz CT molecular complexity index is 335. The molecule has 18 heavy (non-hydrogen) atoms. The Labute approximate surface area is 111 Å². The fourth-order valence-electron chi connectivity index (χ4n) is 2.55. The summed E-state index contributed by atoms with van der Waals surface area (Å²) in [5, 5.41) is 13.5. The molecular formula is C15H27NO2. The van der Waals surface area contributed by atoms with Gasteiger partial charge in [0.1, 0.15) is 0 Å². The van der Waals surface area contributed by atoms with E-state index in [1.54, 1.807) is 6.20 Å². The predicted octanol–water partition coefficient (Wildman–Crippen LogP) is 4.80. The number of hydrogen-bond donors (Lipinski definition) is 1. The molecule has 104 valence electrons. The predicted molar refractivity (Wildman–Crippen MR) is 73.8 cm³/mol. The van der Waals surface area contributed by atoms with Crippen molar-refractivity contribution in [2.24, 2.45) is 0 Å². The molecule has 0 amide bonds. The van der Waals surface area contributed by atoms with Crippen molar-refractivity contribution in [3.8, 4) is 5.95 Å². The highest BCUT2D eigenvalue weighted by Crippen LogP contribution is 2.39.